The Hall–Kier alpha value is -2.12. The summed E-state index contributed by atoms with van der Waals surface area (Å²) in [5.74, 6) is -0.118. The van der Waals surface area contributed by atoms with E-state index in [0.717, 1.165) is 4.68 Å². The molecule has 17 heavy (non-hydrogen) atoms. The molecule has 5 nitrogen and oxygen atoms in total. The number of nitrogens with two attached hydrogens (primary N) is 1. The predicted octanol–water partition coefficient (Wildman–Crippen LogP) is 1.57. The minimum Gasteiger partial charge on any atom is -0.383 e. The minimum atomic E-state index is -4.54. The highest BCUT2D eigenvalue weighted by Gasteiger charge is 2.37. The van der Waals surface area contributed by atoms with Crippen LogP contribution in [-0.2, 0) is 6.18 Å². The quantitative estimate of drug-likeness (QED) is 0.825. The van der Waals surface area contributed by atoms with Crippen LogP contribution in [0.3, 0.4) is 0 Å². The number of anilines is 1. The van der Waals surface area contributed by atoms with Gasteiger partial charge in [-0.25, -0.2) is 9.97 Å². The molecule has 0 aliphatic heterocycles. The molecule has 0 aliphatic rings. The molecule has 0 aromatic carbocycles. The molecule has 2 heterocycles. The first-order valence-corrected chi connectivity index (χ1v) is 4.61. The van der Waals surface area contributed by atoms with Crippen molar-refractivity contribution in [1.82, 2.24) is 19.7 Å². The zero-order chi connectivity index (χ0) is 12.6. The van der Waals surface area contributed by atoms with Gasteiger partial charge >= 0.3 is 6.18 Å². The van der Waals surface area contributed by atoms with Gasteiger partial charge in [-0.3, -0.25) is 0 Å². The molecule has 0 bridgehead atoms. The van der Waals surface area contributed by atoms with E-state index < -0.39 is 11.9 Å². The molecular weight excluding hydrogens is 235 g/mol. The molecule has 2 N–H and O–H groups in total. The number of halogens is 3. The third kappa shape index (κ3) is 1.93. The zero-order valence-corrected chi connectivity index (χ0v) is 8.73. The maximum Gasteiger partial charge on any atom is 0.435 e. The molecule has 0 aliphatic carbocycles. The molecule has 0 saturated carbocycles. The Labute approximate surface area is 94.1 Å². The summed E-state index contributed by atoms with van der Waals surface area (Å²) in [6.45, 7) is 1.25. The maximum absolute atomic E-state index is 12.6. The molecule has 2 rings (SSSR count). The number of alkyl halides is 3. The Kier molecular flexibility index (Phi) is 2.49. The number of nitrogens with zero attached hydrogens (tertiary/aromatic N) is 4. The lowest BCUT2D eigenvalue weighted by molar-refractivity contribution is -0.141. The summed E-state index contributed by atoms with van der Waals surface area (Å²) in [4.78, 5) is 7.58. The molecule has 0 amide bonds. The molecule has 90 valence electrons. The van der Waals surface area contributed by atoms with Gasteiger partial charge in [0, 0.05) is 18.0 Å². The van der Waals surface area contributed by atoms with Gasteiger partial charge in [0.2, 0.25) is 0 Å². The van der Waals surface area contributed by atoms with Crippen LogP contribution in [0.4, 0.5) is 19.0 Å². The lowest BCUT2D eigenvalue weighted by Crippen LogP contribution is -2.09. The molecule has 2 aromatic rings. The van der Waals surface area contributed by atoms with Gasteiger partial charge in [0.25, 0.3) is 5.95 Å². The molecule has 0 spiro atoms. The molecule has 8 heteroatoms. The Balaban J connectivity index is 2.59. The summed E-state index contributed by atoms with van der Waals surface area (Å²) in [6, 6.07) is 1.54. The first-order chi connectivity index (χ1) is 7.91. The summed E-state index contributed by atoms with van der Waals surface area (Å²) in [5.41, 5.74) is 4.39. The Morgan fingerprint density at radius 2 is 1.82 bits per heavy atom. The number of nitrogen functional groups attached to an aromatic ring is 1. The topological polar surface area (TPSA) is 69.6 Å². The first-order valence-electron chi connectivity index (χ1n) is 4.61. The second-order valence-electron chi connectivity index (χ2n) is 3.32. The molecule has 0 fully saturated rings. The van der Waals surface area contributed by atoms with Gasteiger partial charge in [-0.15, -0.1) is 0 Å². The standard InChI is InChI=1S/C9H8F3N5/c1-5-6(9(10,11)12)16-17(7(5)13)8-14-3-2-4-15-8/h2-4H,13H2,1H3. The third-order valence-electron chi connectivity index (χ3n) is 2.18. The van der Waals surface area contributed by atoms with E-state index in [1.807, 2.05) is 0 Å². The Bertz CT molecular complexity index is 532. The predicted molar refractivity (Wildman–Crippen MR) is 53.3 cm³/mol. The monoisotopic (exact) mass is 243 g/mol. The third-order valence-corrected chi connectivity index (χ3v) is 2.18. The summed E-state index contributed by atoms with van der Waals surface area (Å²) < 4.78 is 38.6. The fraction of sp³-hybridized carbons (Fsp3) is 0.222. The van der Waals surface area contributed by atoms with Crippen LogP contribution < -0.4 is 5.73 Å². The fourth-order valence-corrected chi connectivity index (χ4v) is 1.33. The van der Waals surface area contributed by atoms with E-state index in [1.54, 1.807) is 6.07 Å². The van der Waals surface area contributed by atoms with Gasteiger partial charge in [0.1, 0.15) is 5.82 Å². The lowest BCUT2D eigenvalue weighted by Gasteiger charge is -2.01. The van der Waals surface area contributed by atoms with Crippen LogP contribution in [-0.4, -0.2) is 19.7 Å². The van der Waals surface area contributed by atoms with Crippen molar-refractivity contribution in [2.45, 2.75) is 13.1 Å². The average molecular weight is 243 g/mol. The van der Waals surface area contributed by atoms with Crippen molar-refractivity contribution in [2.75, 3.05) is 5.73 Å². The summed E-state index contributed by atoms with van der Waals surface area (Å²) in [5, 5.41) is 3.39. The van der Waals surface area contributed by atoms with Crippen LogP contribution in [0.25, 0.3) is 5.95 Å². The van der Waals surface area contributed by atoms with E-state index in [-0.39, 0.29) is 17.3 Å². The normalized spacial score (nSPS) is 11.8. The van der Waals surface area contributed by atoms with E-state index in [9.17, 15) is 13.2 Å². The van der Waals surface area contributed by atoms with Crippen LogP contribution >= 0.6 is 0 Å². The molecule has 0 atom stereocenters. The van der Waals surface area contributed by atoms with Crippen molar-refractivity contribution in [2.24, 2.45) is 0 Å². The van der Waals surface area contributed by atoms with Crippen molar-refractivity contribution in [1.29, 1.82) is 0 Å². The van der Waals surface area contributed by atoms with Crippen molar-refractivity contribution < 1.29 is 13.2 Å². The average Bonchev–Trinajstić information content (AvgIpc) is 2.57. The van der Waals surface area contributed by atoms with Crippen LogP contribution in [0.15, 0.2) is 18.5 Å². The van der Waals surface area contributed by atoms with Crippen LogP contribution in [0.1, 0.15) is 11.3 Å². The highest BCUT2D eigenvalue weighted by Crippen LogP contribution is 2.33. The van der Waals surface area contributed by atoms with E-state index in [4.69, 9.17) is 5.73 Å². The van der Waals surface area contributed by atoms with E-state index in [0.29, 0.717) is 0 Å². The lowest BCUT2D eigenvalue weighted by atomic mass is 10.2. The van der Waals surface area contributed by atoms with Gasteiger partial charge < -0.3 is 5.73 Å². The highest BCUT2D eigenvalue weighted by atomic mass is 19.4. The second kappa shape index (κ2) is 3.72. The fourth-order valence-electron chi connectivity index (χ4n) is 1.33. The summed E-state index contributed by atoms with van der Waals surface area (Å²) >= 11 is 0. The first kappa shape index (κ1) is 11.4. The summed E-state index contributed by atoms with van der Waals surface area (Å²) in [6.07, 6.45) is -1.75. The maximum atomic E-state index is 12.6. The number of aromatic nitrogens is 4. The van der Waals surface area contributed by atoms with E-state index >= 15 is 0 Å². The van der Waals surface area contributed by atoms with Crippen molar-refractivity contribution in [3.05, 3.63) is 29.7 Å². The van der Waals surface area contributed by atoms with E-state index in [1.165, 1.54) is 19.3 Å². The van der Waals surface area contributed by atoms with E-state index in [2.05, 4.69) is 15.1 Å². The van der Waals surface area contributed by atoms with Gasteiger partial charge in [-0.05, 0) is 13.0 Å². The molecular formula is C9H8F3N5. The number of rotatable bonds is 1. The highest BCUT2D eigenvalue weighted by molar-refractivity contribution is 5.46. The smallest absolute Gasteiger partial charge is 0.383 e. The molecule has 0 saturated heterocycles. The SMILES string of the molecule is Cc1c(C(F)(F)F)nn(-c2ncccn2)c1N. The van der Waals surface area contributed by atoms with Crippen molar-refractivity contribution in [3.8, 4) is 5.95 Å². The van der Waals surface area contributed by atoms with Gasteiger partial charge in [0.15, 0.2) is 5.69 Å². The largest absolute Gasteiger partial charge is 0.435 e. The Morgan fingerprint density at radius 1 is 1.24 bits per heavy atom. The van der Waals surface area contributed by atoms with Crippen molar-refractivity contribution in [3.63, 3.8) is 0 Å². The van der Waals surface area contributed by atoms with Gasteiger partial charge in [-0.1, -0.05) is 0 Å². The van der Waals surface area contributed by atoms with Crippen LogP contribution in [0.5, 0.6) is 0 Å². The number of hydrogen-bond donors (Lipinski definition) is 1. The zero-order valence-electron chi connectivity index (χ0n) is 8.73. The second-order valence-corrected chi connectivity index (χ2v) is 3.32. The molecule has 0 unspecified atom stereocenters. The van der Waals surface area contributed by atoms with Crippen LogP contribution in [0.2, 0.25) is 0 Å². The Morgan fingerprint density at radius 3 is 2.29 bits per heavy atom. The molecule has 2 aromatic heterocycles. The molecule has 0 radical (unpaired) electrons. The summed E-state index contributed by atoms with van der Waals surface area (Å²) in [7, 11) is 0. The van der Waals surface area contributed by atoms with Crippen molar-refractivity contribution >= 4 is 5.82 Å². The van der Waals surface area contributed by atoms with Gasteiger partial charge in [0.05, 0.1) is 0 Å². The van der Waals surface area contributed by atoms with Gasteiger partial charge in [-0.2, -0.15) is 23.0 Å². The number of hydrogen-bond acceptors (Lipinski definition) is 4. The minimum absolute atomic E-state index is 0.00333. The van der Waals surface area contributed by atoms with Crippen LogP contribution in [0, 0.1) is 6.92 Å².